The van der Waals surface area contributed by atoms with Crippen molar-refractivity contribution in [2.75, 3.05) is 38.2 Å². The summed E-state index contributed by atoms with van der Waals surface area (Å²) in [6, 6.07) is 6.30. The number of hydrogen-bond acceptors (Lipinski definition) is 6. The second kappa shape index (κ2) is 7.19. The number of aromatic nitrogens is 2. The Balaban J connectivity index is 1.50. The predicted molar refractivity (Wildman–Crippen MR) is 79.4 cm³/mol. The molecule has 2 heterocycles. The summed E-state index contributed by atoms with van der Waals surface area (Å²) in [5.41, 5.74) is 0.878. The molecule has 1 saturated heterocycles. The van der Waals surface area contributed by atoms with Crippen LogP contribution < -0.4 is 5.32 Å². The van der Waals surface area contributed by atoms with Crippen molar-refractivity contribution in [2.45, 2.75) is 6.42 Å². The first-order valence-electron chi connectivity index (χ1n) is 7.37. The monoisotopic (exact) mass is 320 g/mol. The lowest BCUT2D eigenvalue weighted by Crippen LogP contribution is -2.43. The molecule has 1 N–H and O–H groups in total. The van der Waals surface area contributed by atoms with Gasteiger partial charge in [-0.25, -0.2) is 4.39 Å². The molecule has 1 aromatic heterocycles. The van der Waals surface area contributed by atoms with Gasteiger partial charge in [0.15, 0.2) is 5.82 Å². The first kappa shape index (κ1) is 15.4. The van der Waals surface area contributed by atoms with E-state index < -0.39 is 0 Å². The van der Waals surface area contributed by atoms with E-state index in [9.17, 15) is 9.18 Å². The summed E-state index contributed by atoms with van der Waals surface area (Å²) >= 11 is 0. The molecule has 0 saturated carbocycles. The van der Waals surface area contributed by atoms with Gasteiger partial charge in [0.25, 0.3) is 0 Å². The topological polar surface area (TPSA) is 80.5 Å². The normalized spacial score (nSPS) is 14.7. The van der Waals surface area contributed by atoms with Crippen molar-refractivity contribution in [3.63, 3.8) is 0 Å². The highest BCUT2D eigenvalue weighted by Crippen LogP contribution is 2.10. The smallest absolute Gasteiger partial charge is 0.321 e. The summed E-state index contributed by atoms with van der Waals surface area (Å²) in [5.74, 6) is 0.148. The van der Waals surface area contributed by atoms with Crippen LogP contribution >= 0.6 is 0 Å². The lowest BCUT2D eigenvalue weighted by atomic mass is 10.1. The molecule has 2 aromatic rings. The Labute approximate surface area is 132 Å². The van der Waals surface area contributed by atoms with E-state index >= 15 is 0 Å². The van der Waals surface area contributed by atoms with Gasteiger partial charge in [-0.1, -0.05) is 17.3 Å². The molecule has 1 aromatic carbocycles. The highest BCUT2D eigenvalue weighted by atomic mass is 19.1. The first-order valence-corrected chi connectivity index (χ1v) is 7.37. The molecule has 3 rings (SSSR count). The molecule has 0 radical (unpaired) electrons. The Hall–Kier alpha value is -2.48. The average Bonchev–Trinajstić information content (AvgIpc) is 3.03. The maximum absolute atomic E-state index is 12.9. The van der Waals surface area contributed by atoms with E-state index in [1.807, 2.05) is 0 Å². The van der Waals surface area contributed by atoms with Crippen molar-refractivity contribution in [1.82, 2.24) is 15.0 Å². The zero-order chi connectivity index (χ0) is 16.1. The molecule has 1 amide bonds. The van der Waals surface area contributed by atoms with Crippen molar-refractivity contribution in [3.8, 4) is 0 Å². The summed E-state index contributed by atoms with van der Waals surface area (Å²) in [6.45, 7) is 2.42. The van der Waals surface area contributed by atoms with Crippen molar-refractivity contribution in [3.05, 3.63) is 41.5 Å². The van der Waals surface area contributed by atoms with Crippen LogP contribution in [0.3, 0.4) is 0 Å². The minimum atomic E-state index is -0.286. The molecule has 8 heteroatoms. The first-order chi connectivity index (χ1) is 11.2. The zero-order valence-electron chi connectivity index (χ0n) is 12.5. The van der Waals surface area contributed by atoms with Crippen LogP contribution in [0, 0.1) is 5.82 Å². The van der Waals surface area contributed by atoms with E-state index in [0.29, 0.717) is 38.5 Å². The third kappa shape index (κ3) is 4.26. The number of rotatable bonds is 5. The molecule has 0 atom stereocenters. The van der Waals surface area contributed by atoms with E-state index in [0.717, 1.165) is 5.56 Å². The van der Waals surface area contributed by atoms with Crippen molar-refractivity contribution in [2.24, 2.45) is 0 Å². The van der Waals surface area contributed by atoms with Crippen LogP contribution in [-0.4, -0.2) is 53.8 Å². The lowest BCUT2D eigenvalue weighted by Gasteiger charge is -2.26. The standard InChI is InChI=1S/C15H17FN4O3/c16-12-3-1-11(2-4-12)9-13-18-15(23-19-13)17-10-14(21)20-5-7-22-8-6-20/h1-4H,5-10H2,(H,17,18,19). The second-order valence-electron chi connectivity index (χ2n) is 5.17. The number of halogens is 1. The third-order valence-electron chi connectivity index (χ3n) is 3.50. The van der Waals surface area contributed by atoms with Gasteiger partial charge in [-0.3, -0.25) is 4.79 Å². The molecule has 0 spiro atoms. The molecule has 1 aliphatic heterocycles. The summed E-state index contributed by atoms with van der Waals surface area (Å²) < 4.78 is 23.1. The number of nitrogens with zero attached hydrogens (tertiary/aromatic N) is 3. The number of hydrogen-bond donors (Lipinski definition) is 1. The van der Waals surface area contributed by atoms with E-state index in [-0.39, 0.29) is 24.3 Å². The van der Waals surface area contributed by atoms with Crippen LogP contribution in [0.15, 0.2) is 28.8 Å². The fraction of sp³-hybridized carbons (Fsp3) is 0.400. The zero-order valence-corrected chi connectivity index (χ0v) is 12.5. The van der Waals surface area contributed by atoms with Gasteiger partial charge in [0, 0.05) is 19.5 Å². The largest absolute Gasteiger partial charge is 0.378 e. The predicted octanol–water partition coefficient (Wildman–Crippen LogP) is 1.07. The SMILES string of the molecule is O=C(CNc1nc(Cc2ccc(F)cc2)no1)N1CCOCC1. The number of carbonyl (C=O) groups excluding carboxylic acids is 1. The fourth-order valence-corrected chi connectivity index (χ4v) is 2.26. The van der Waals surface area contributed by atoms with Crippen LogP contribution in [0.5, 0.6) is 0 Å². The fourth-order valence-electron chi connectivity index (χ4n) is 2.26. The van der Waals surface area contributed by atoms with Crippen LogP contribution in [-0.2, 0) is 16.0 Å². The Morgan fingerprint density at radius 1 is 1.26 bits per heavy atom. The number of carbonyl (C=O) groups is 1. The van der Waals surface area contributed by atoms with Gasteiger partial charge < -0.3 is 19.5 Å². The summed E-state index contributed by atoms with van der Waals surface area (Å²) in [4.78, 5) is 17.9. The van der Waals surface area contributed by atoms with Crippen LogP contribution in [0.4, 0.5) is 10.4 Å². The quantitative estimate of drug-likeness (QED) is 0.887. The van der Waals surface area contributed by atoms with Crippen LogP contribution in [0.2, 0.25) is 0 Å². The number of anilines is 1. The highest BCUT2D eigenvalue weighted by Gasteiger charge is 2.17. The highest BCUT2D eigenvalue weighted by molar-refractivity contribution is 5.80. The van der Waals surface area contributed by atoms with Gasteiger partial charge in [0.1, 0.15) is 5.82 Å². The Morgan fingerprint density at radius 3 is 2.74 bits per heavy atom. The van der Waals surface area contributed by atoms with Crippen molar-refractivity contribution >= 4 is 11.9 Å². The number of ether oxygens (including phenoxy) is 1. The van der Waals surface area contributed by atoms with E-state index in [4.69, 9.17) is 9.26 Å². The number of amides is 1. The Kier molecular flexibility index (Phi) is 4.82. The summed E-state index contributed by atoms with van der Waals surface area (Å²) in [5, 5.41) is 6.66. The minimum Gasteiger partial charge on any atom is -0.378 e. The molecule has 1 fully saturated rings. The van der Waals surface area contributed by atoms with Gasteiger partial charge in [-0.05, 0) is 17.7 Å². The molecular weight excluding hydrogens is 303 g/mol. The minimum absolute atomic E-state index is 0.0356. The molecule has 23 heavy (non-hydrogen) atoms. The Morgan fingerprint density at radius 2 is 2.00 bits per heavy atom. The molecule has 1 aliphatic rings. The number of benzene rings is 1. The maximum Gasteiger partial charge on any atom is 0.321 e. The Bertz CT molecular complexity index is 653. The van der Waals surface area contributed by atoms with Crippen LogP contribution in [0.1, 0.15) is 11.4 Å². The van der Waals surface area contributed by atoms with Crippen molar-refractivity contribution in [1.29, 1.82) is 0 Å². The van der Waals surface area contributed by atoms with Crippen molar-refractivity contribution < 1.29 is 18.4 Å². The van der Waals surface area contributed by atoms with Crippen LogP contribution in [0.25, 0.3) is 0 Å². The van der Waals surface area contributed by atoms with Gasteiger partial charge in [-0.2, -0.15) is 4.98 Å². The molecule has 0 unspecified atom stereocenters. The molecule has 0 bridgehead atoms. The van der Waals surface area contributed by atoms with Gasteiger partial charge in [0.05, 0.1) is 19.8 Å². The van der Waals surface area contributed by atoms with Gasteiger partial charge >= 0.3 is 6.01 Å². The van der Waals surface area contributed by atoms with E-state index in [2.05, 4.69) is 15.5 Å². The lowest BCUT2D eigenvalue weighted by molar-refractivity contribution is -0.133. The average molecular weight is 320 g/mol. The third-order valence-corrected chi connectivity index (χ3v) is 3.50. The van der Waals surface area contributed by atoms with E-state index in [1.165, 1.54) is 12.1 Å². The molecule has 0 aliphatic carbocycles. The summed E-state index contributed by atoms with van der Waals surface area (Å²) in [6.07, 6.45) is 0.433. The molecule has 7 nitrogen and oxygen atoms in total. The second-order valence-corrected chi connectivity index (χ2v) is 5.17. The van der Waals surface area contributed by atoms with Gasteiger partial charge in [0.2, 0.25) is 5.91 Å². The number of morpholine rings is 1. The van der Waals surface area contributed by atoms with Gasteiger partial charge in [-0.15, -0.1) is 0 Å². The molecular formula is C15H17FN4O3. The van der Waals surface area contributed by atoms with E-state index in [1.54, 1.807) is 17.0 Å². The maximum atomic E-state index is 12.9. The molecule has 122 valence electrons. The summed E-state index contributed by atoms with van der Waals surface area (Å²) in [7, 11) is 0. The number of nitrogens with one attached hydrogen (secondary N) is 1.